The topological polar surface area (TPSA) is 88.8 Å². The first kappa shape index (κ1) is 22.7. The van der Waals surface area contributed by atoms with E-state index in [9.17, 15) is 14.4 Å². The van der Waals surface area contributed by atoms with Crippen LogP contribution in [-0.4, -0.2) is 43.0 Å². The summed E-state index contributed by atoms with van der Waals surface area (Å²) in [6, 6.07) is 14.6. The van der Waals surface area contributed by atoms with Crippen molar-refractivity contribution >= 4 is 28.7 Å². The number of anilines is 1. The van der Waals surface area contributed by atoms with E-state index < -0.39 is 0 Å². The number of benzene rings is 2. The van der Waals surface area contributed by atoms with Crippen molar-refractivity contribution < 1.29 is 18.7 Å². The number of piperidine rings is 1. The van der Waals surface area contributed by atoms with Crippen LogP contribution in [0.2, 0.25) is 0 Å². The molecule has 0 atom stereocenters. The second-order valence-corrected chi connectivity index (χ2v) is 8.35. The number of esters is 1. The zero-order chi connectivity index (χ0) is 23.4. The summed E-state index contributed by atoms with van der Waals surface area (Å²) in [7, 11) is 0. The minimum atomic E-state index is -0.267. The number of ether oxygens (including phenoxy) is 1. The molecule has 7 nitrogen and oxygen atoms in total. The number of rotatable bonds is 6. The minimum Gasteiger partial charge on any atom is -0.466 e. The predicted molar refractivity (Wildman–Crippen MR) is 127 cm³/mol. The van der Waals surface area contributed by atoms with E-state index in [4.69, 9.17) is 9.15 Å². The molecule has 1 aliphatic heterocycles. The van der Waals surface area contributed by atoms with Gasteiger partial charge in [0.2, 0.25) is 17.2 Å². The van der Waals surface area contributed by atoms with Crippen LogP contribution in [0.4, 0.5) is 5.88 Å². The van der Waals surface area contributed by atoms with Gasteiger partial charge >= 0.3 is 5.97 Å². The van der Waals surface area contributed by atoms with Crippen LogP contribution < -0.4 is 10.7 Å². The summed E-state index contributed by atoms with van der Waals surface area (Å²) in [6.45, 7) is 5.56. The van der Waals surface area contributed by atoms with E-state index in [1.165, 1.54) is 0 Å². The Labute approximate surface area is 192 Å². The molecule has 172 valence electrons. The number of aryl methyl sites for hydroxylation is 1. The molecule has 4 rings (SSSR count). The van der Waals surface area contributed by atoms with Gasteiger partial charge in [0.25, 0.3) is 0 Å². The molecule has 1 amide bonds. The third-order valence-corrected chi connectivity index (χ3v) is 5.97. The monoisotopic (exact) mass is 448 g/mol. The molecule has 2 heterocycles. The fourth-order valence-electron chi connectivity index (χ4n) is 4.17. The highest BCUT2D eigenvalue weighted by Crippen LogP contribution is 2.29. The molecule has 3 aromatic rings. The lowest BCUT2D eigenvalue weighted by Gasteiger charge is -2.30. The van der Waals surface area contributed by atoms with Crippen LogP contribution in [0.1, 0.15) is 25.3 Å². The smallest absolute Gasteiger partial charge is 0.309 e. The van der Waals surface area contributed by atoms with Crippen LogP contribution in [0.3, 0.4) is 0 Å². The van der Waals surface area contributed by atoms with Crippen molar-refractivity contribution in [1.29, 1.82) is 0 Å². The molecule has 1 N–H and O–H groups in total. The van der Waals surface area contributed by atoms with Gasteiger partial charge in [0.15, 0.2) is 0 Å². The maximum absolute atomic E-state index is 13.3. The maximum Gasteiger partial charge on any atom is 0.309 e. The average Bonchev–Trinajstić information content (AvgIpc) is 2.81. The number of carbonyl (C=O) groups is 2. The number of nitrogens with zero attached hydrogens (tertiary/aromatic N) is 1. The Morgan fingerprint density at radius 1 is 1.09 bits per heavy atom. The molecular weight excluding hydrogens is 420 g/mol. The van der Waals surface area contributed by atoms with Gasteiger partial charge in [-0.1, -0.05) is 42.0 Å². The van der Waals surface area contributed by atoms with Crippen LogP contribution in [-0.2, 0) is 14.3 Å². The molecular formula is C26H28N2O5. The van der Waals surface area contributed by atoms with Gasteiger partial charge < -0.3 is 9.15 Å². The Bertz CT molecular complexity index is 1210. The lowest BCUT2D eigenvalue weighted by Crippen LogP contribution is -2.41. The molecule has 1 saturated heterocycles. The lowest BCUT2D eigenvalue weighted by molar-refractivity contribution is -0.149. The largest absolute Gasteiger partial charge is 0.466 e. The summed E-state index contributed by atoms with van der Waals surface area (Å²) in [6.07, 6.45) is 1.32. The second kappa shape index (κ2) is 10.0. The fourth-order valence-corrected chi connectivity index (χ4v) is 4.17. The predicted octanol–water partition coefficient (Wildman–Crippen LogP) is 3.98. The van der Waals surface area contributed by atoms with E-state index in [-0.39, 0.29) is 35.7 Å². The molecule has 1 aromatic heterocycles. The van der Waals surface area contributed by atoms with Crippen molar-refractivity contribution in [3.63, 3.8) is 0 Å². The quantitative estimate of drug-likeness (QED) is 0.574. The highest BCUT2D eigenvalue weighted by atomic mass is 16.5. The fraction of sp³-hybridized carbons (Fsp3) is 0.346. The van der Waals surface area contributed by atoms with Crippen molar-refractivity contribution in [3.8, 4) is 11.1 Å². The molecule has 0 unspecified atom stereocenters. The van der Waals surface area contributed by atoms with Gasteiger partial charge in [0, 0.05) is 0 Å². The zero-order valence-corrected chi connectivity index (χ0v) is 18.9. The van der Waals surface area contributed by atoms with E-state index >= 15 is 0 Å². The Morgan fingerprint density at radius 3 is 2.48 bits per heavy atom. The normalized spacial score (nSPS) is 14.8. The second-order valence-electron chi connectivity index (χ2n) is 8.35. The van der Waals surface area contributed by atoms with Crippen LogP contribution in [0.25, 0.3) is 22.1 Å². The van der Waals surface area contributed by atoms with Crippen LogP contribution in [0.15, 0.2) is 57.7 Å². The SMILES string of the molecule is CCOC(=O)C1CCN(CC(=O)Nc2oc3ccccc3c(=O)c2-c2ccc(C)cc2)CC1. The summed E-state index contributed by atoms with van der Waals surface area (Å²) in [5.74, 6) is -0.400. The minimum absolute atomic E-state index is 0.115. The highest BCUT2D eigenvalue weighted by Gasteiger charge is 2.27. The summed E-state index contributed by atoms with van der Waals surface area (Å²) < 4.78 is 11.1. The van der Waals surface area contributed by atoms with Gasteiger partial charge in [0.1, 0.15) is 5.58 Å². The number of fused-ring (bicyclic) bond motifs is 1. The summed E-state index contributed by atoms with van der Waals surface area (Å²) in [4.78, 5) is 40.1. The third kappa shape index (κ3) is 5.14. The number of hydrogen-bond donors (Lipinski definition) is 1. The van der Waals surface area contributed by atoms with E-state index in [2.05, 4.69) is 5.32 Å². The summed E-state index contributed by atoms with van der Waals surface area (Å²) in [5.41, 5.74) is 2.32. The molecule has 33 heavy (non-hydrogen) atoms. The van der Waals surface area contributed by atoms with E-state index in [0.717, 1.165) is 5.56 Å². The maximum atomic E-state index is 13.3. The highest BCUT2D eigenvalue weighted by molar-refractivity contribution is 5.97. The first-order valence-electron chi connectivity index (χ1n) is 11.3. The molecule has 0 radical (unpaired) electrons. The Kier molecular flexibility index (Phi) is 6.89. The molecule has 0 saturated carbocycles. The first-order chi connectivity index (χ1) is 16.0. The molecule has 2 aromatic carbocycles. The molecule has 0 bridgehead atoms. The number of hydrogen-bond acceptors (Lipinski definition) is 6. The van der Waals surface area contributed by atoms with Gasteiger partial charge in [0.05, 0.1) is 30.0 Å². The van der Waals surface area contributed by atoms with Crippen molar-refractivity contribution in [2.24, 2.45) is 5.92 Å². The zero-order valence-electron chi connectivity index (χ0n) is 18.9. The first-order valence-corrected chi connectivity index (χ1v) is 11.3. The Balaban J connectivity index is 1.54. The van der Waals surface area contributed by atoms with Gasteiger partial charge in [-0.2, -0.15) is 0 Å². The molecule has 1 aliphatic rings. The molecule has 0 spiro atoms. The van der Waals surface area contributed by atoms with E-state index in [1.807, 2.05) is 36.1 Å². The van der Waals surface area contributed by atoms with Gasteiger partial charge in [-0.3, -0.25) is 24.6 Å². The Morgan fingerprint density at radius 2 is 1.79 bits per heavy atom. The van der Waals surface area contributed by atoms with Crippen LogP contribution in [0, 0.1) is 12.8 Å². The van der Waals surface area contributed by atoms with Crippen LogP contribution >= 0.6 is 0 Å². The van der Waals surface area contributed by atoms with Crippen LogP contribution in [0.5, 0.6) is 0 Å². The van der Waals surface area contributed by atoms with Crippen molar-refractivity contribution in [1.82, 2.24) is 4.90 Å². The molecule has 1 fully saturated rings. The van der Waals surface area contributed by atoms with Crippen molar-refractivity contribution in [3.05, 3.63) is 64.3 Å². The van der Waals surface area contributed by atoms with Gasteiger partial charge in [-0.25, -0.2) is 0 Å². The van der Waals surface area contributed by atoms with Crippen molar-refractivity contribution in [2.75, 3.05) is 31.6 Å². The third-order valence-electron chi connectivity index (χ3n) is 5.97. The average molecular weight is 449 g/mol. The Hall–Kier alpha value is -3.45. The van der Waals surface area contributed by atoms with Crippen molar-refractivity contribution in [2.45, 2.75) is 26.7 Å². The standard InChI is InChI=1S/C26H28N2O5/c1-3-32-26(31)19-12-14-28(15-13-19)16-22(29)27-25-23(18-10-8-17(2)9-11-18)24(30)20-6-4-5-7-21(20)33-25/h4-11,19H,3,12-16H2,1-2H3,(H,27,29). The summed E-state index contributed by atoms with van der Waals surface area (Å²) >= 11 is 0. The summed E-state index contributed by atoms with van der Waals surface area (Å²) in [5, 5.41) is 3.28. The van der Waals surface area contributed by atoms with Gasteiger partial charge in [-0.05, 0) is 57.5 Å². The van der Waals surface area contributed by atoms with E-state index in [0.29, 0.717) is 54.6 Å². The van der Waals surface area contributed by atoms with E-state index in [1.54, 1.807) is 31.2 Å². The number of para-hydroxylation sites is 1. The number of likely N-dealkylation sites (tertiary alicyclic amines) is 1. The lowest BCUT2D eigenvalue weighted by atomic mass is 9.97. The van der Waals surface area contributed by atoms with Gasteiger partial charge in [-0.15, -0.1) is 0 Å². The number of nitrogens with one attached hydrogen (secondary N) is 1. The number of carbonyl (C=O) groups excluding carboxylic acids is 2. The molecule has 0 aliphatic carbocycles. The number of amides is 1. The molecule has 7 heteroatoms.